The Morgan fingerprint density at radius 2 is 1.16 bits per heavy atom. The summed E-state index contributed by atoms with van der Waals surface area (Å²) in [5.74, 6) is 0. The summed E-state index contributed by atoms with van der Waals surface area (Å²) in [7, 11) is 1.99. The Morgan fingerprint density at radius 1 is 0.644 bits per heavy atom. The van der Waals surface area contributed by atoms with Gasteiger partial charge in [0.1, 0.15) is 11.2 Å². The van der Waals surface area contributed by atoms with Crippen molar-refractivity contribution in [1.29, 1.82) is 0 Å². The normalized spacial score (nSPS) is 12.3. The number of rotatable bonds is 3. The molecule has 7 aromatic rings. The third-order valence-corrected chi connectivity index (χ3v) is 8.62. The van der Waals surface area contributed by atoms with Crippen LogP contribution >= 0.6 is 0 Å². The van der Waals surface area contributed by atoms with Gasteiger partial charge in [-0.3, -0.25) is 0 Å². The van der Waals surface area contributed by atoms with Crippen LogP contribution in [0.3, 0.4) is 0 Å². The van der Waals surface area contributed by atoms with Crippen LogP contribution in [0.25, 0.3) is 65.5 Å². The van der Waals surface area contributed by atoms with Crippen molar-refractivity contribution < 1.29 is 8.83 Å². The minimum atomic E-state index is -0.587. The highest BCUT2D eigenvalue weighted by atomic mass is 16.4. The number of fused-ring (bicyclic) bond motifs is 8. The number of nitrogens with zero attached hydrogens (tertiary/aromatic N) is 1. The van der Waals surface area contributed by atoms with E-state index in [2.05, 4.69) is 23.6 Å². The second kappa shape index (κ2) is 11.3. The summed E-state index contributed by atoms with van der Waals surface area (Å²) in [5.41, 5.74) is 3.01. The van der Waals surface area contributed by atoms with Crippen molar-refractivity contribution in [2.24, 2.45) is 7.05 Å². The highest BCUT2D eigenvalue weighted by molar-refractivity contribution is 6.24. The average Bonchev–Trinajstić information content (AvgIpc) is 3.38. The zero-order chi connectivity index (χ0) is 31.2. The lowest BCUT2D eigenvalue weighted by molar-refractivity contribution is 0.542. The van der Waals surface area contributed by atoms with Gasteiger partial charge >= 0.3 is 11.3 Å². The van der Waals surface area contributed by atoms with Crippen LogP contribution in [-0.4, -0.2) is 4.57 Å². The standard InChI is InChI=1S/C40H33NO4/c1-5-12-30(31-23-41(4)32-18-11-10-17-29(31)32)38-35(24(2)3)39(42)44-33-21-19-25-13-6-8-15-27(25)36(33)37-28-16-9-7-14-26(28)20-22-34(37)45-40(38)43/h6-11,13-23H,5,12H2,1-4H3/b38-30-. The van der Waals surface area contributed by atoms with Crippen molar-refractivity contribution in [2.75, 3.05) is 0 Å². The molecule has 0 radical (unpaired) electrons. The number of aryl methyl sites for hydroxylation is 1. The van der Waals surface area contributed by atoms with Crippen LogP contribution in [0.5, 0.6) is 0 Å². The number of para-hydroxylation sites is 1. The van der Waals surface area contributed by atoms with Crippen LogP contribution in [0.2, 0.25) is 0 Å². The molecule has 0 bridgehead atoms. The fourth-order valence-electron chi connectivity index (χ4n) is 6.65. The van der Waals surface area contributed by atoms with Gasteiger partial charge in [0, 0.05) is 40.5 Å². The van der Waals surface area contributed by atoms with E-state index in [9.17, 15) is 9.59 Å². The average molecular weight is 592 g/mol. The molecule has 0 atom stereocenters. The van der Waals surface area contributed by atoms with Crippen molar-refractivity contribution in [3.8, 4) is 0 Å². The smallest absolute Gasteiger partial charge is 0.344 e. The molecule has 0 amide bonds. The Balaban J connectivity index is 1.86. The third-order valence-electron chi connectivity index (χ3n) is 8.62. The van der Waals surface area contributed by atoms with Gasteiger partial charge in [0.2, 0.25) is 0 Å². The molecule has 0 fully saturated rings. The molecule has 0 aliphatic rings. The lowest BCUT2D eigenvalue weighted by atomic mass is 9.97. The zero-order valence-corrected chi connectivity index (χ0v) is 25.8. The van der Waals surface area contributed by atoms with Gasteiger partial charge in [-0.1, -0.05) is 97.8 Å². The molecule has 5 nitrogen and oxygen atoms in total. The van der Waals surface area contributed by atoms with Gasteiger partial charge in [0.15, 0.2) is 0 Å². The molecule has 0 spiro atoms. The summed E-state index contributed by atoms with van der Waals surface area (Å²) in [6.07, 6.45) is 3.36. The summed E-state index contributed by atoms with van der Waals surface area (Å²) in [4.78, 5) is 29.1. The minimum Gasteiger partial charge on any atom is -0.422 e. The van der Waals surface area contributed by atoms with Gasteiger partial charge in [-0.2, -0.15) is 0 Å². The largest absolute Gasteiger partial charge is 0.422 e. The summed E-state index contributed by atoms with van der Waals surface area (Å²) >= 11 is 0. The third kappa shape index (κ3) is 4.72. The van der Waals surface area contributed by atoms with E-state index < -0.39 is 11.3 Å². The fourth-order valence-corrected chi connectivity index (χ4v) is 6.65. The van der Waals surface area contributed by atoms with E-state index in [1.54, 1.807) is 0 Å². The van der Waals surface area contributed by atoms with Crippen LogP contribution in [0.1, 0.15) is 39.2 Å². The molecule has 0 unspecified atom stereocenters. The zero-order valence-electron chi connectivity index (χ0n) is 25.8. The predicted molar refractivity (Wildman–Crippen MR) is 186 cm³/mol. The monoisotopic (exact) mass is 591 g/mol. The molecule has 2 aromatic heterocycles. The molecule has 2 heterocycles. The van der Waals surface area contributed by atoms with E-state index in [1.807, 2.05) is 112 Å². The molecule has 0 aliphatic heterocycles. The molecule has 0 saturated carbocycles. The molecule has 0 saturated heterocycles. The number of benzene rings is 5. The first-order valence-corrected chi connectivity index (χ1v) is 15.3. The van der Waals surface area contributed by atoms with Crippen LogP contribution in [0, 0.1) is 0 Å². The molecule has 45 heavy (non-hydrogen) atoms. The van der Waals surface area contributed by atoms with Gasteiger partial charge in [-0.25, -0.2) is 9.59 Å². The highest BCUT2D eigenvalue weighted by Gasteiger charge is 2.16. The van der Waals surface area contributed by atoms with E-state index in [4.69, 9.17) is 8.83 Å². The van der Waals surface area contributed by atoms with Gasteiger partial charge in [-0.15, -0.1) is 0 Å². The summed E-state index contributed by atoms with van der Waals surface area (Å²) in [6, 6.07) is 31.7. The molecule has 7 rings (SSSR count). The highest BCUT2D eigenvalue weighted by Crippen LogP contribution is 2.34. The molecule has 0 aliphatic carbocycles. The van der Waals surface area contributed by atoms with E-state index in [-0.39, 0.29) is 10.4 Å². The van der Waals surface area contributed by atoms with E-state index >= 15 is 0 Å². The first-order chi connectivity index (χ1) is 21.9. The predicted octanol–water partition coefficient (Wildman–Crippen LogP) is 8.01. The van der Waals surface area contributed by atoms with E-state index in [0.29, 0.717) is 33.9 Å². The van der Waals surface area contributed by atoms with Gasteiger partial charge in [0.25, 0.3) is 0 Å². The number of hydrogen-bond acceptors (Lipinski definition) is 4. The van der Waals surface area contributed by atoms with E-state index in [1.165, 1.54) is 0 Å². The first-order valence-electron chi connectivity index (χ1n) is 15.3. The van der Waals surface area contributed by atoms with Crippen LogP contribution in [0.15, 0.2) is 122 Å². The van der Waals surface area contributed by atoms with E-state index in [0.717, 1.165) is 50.0 Å². The topological polar surface area (TPSA) is 65.3 Å². The van der Waals surface area contributed by atoms with Crippen molar-refractivity contribution in [1.82, 2.24) is 4.57 Å². The molecular formula is C40H33NO4. The molecule has 222 valence electrons. The maximum absolute atomic E-state index is 14.7. The van der Waals surface area contributed by atoms with Gasteiger partial charge < -0.3 is 13.4 Å². The maximum atomic E-state index is 14.7. The van der Waals surface area contributed by atoms with Crippen LogP contribution < -0.4 is 21.7 Å². The Labute approximate surface area is 259 Å². The fraction of sp³-hybridized carbons (Fsp3) is 0.150. The summed E-state index contributed by atoms with van der Waals surface area (Å²) < 4.78 is 14.9. The summed E-state index contributed by atoms with van der Waals surface area (Å²) in [5, 5.41) is 6.65. The Hall–Kier alpha value is -5.42. The quantitative estimate of drug-likeness (QED) is 0.209. The number of hydrogen-bond donors (Lipinski definition) is 0. The van der Waals surface area contributed by atoms with Gasteiger partial charge in [0.05, 0.1) is 10.4 Å². The Kier molecular flexibility index (Phi) is 7.09. The SMILES string of the molecule is CCC/C(c1cn(C)c2ccccc12)=c1/c(=O)oc2ccc3ccccc3c2c2c(ccc3ccccc32)oc(=O)c1=C(C)C. The van der Waals surface area contributed by atoms with Gasteiger partial charge in [-0.05, 0) is 65.6 Å². The molecule has 5 heteroatoms. The maximum Gasteiger partial charge on any atom is 0.344 e. The van der Waals surface area contributed by atoms with Crippen molar-refractivity contribution in [3.63, 3.8) is 0 Å². The van der Waals surface area contributed by atoms with Crippen molar-refractivity contribution in [2.45, 2.75) is 33.6 Å². The molecule has 5 aromatic carbocycles. The van der Waals surface area contributed by atoms with Crippen LogP contribution in [-0.2, 0) is 7.05 Å². The Morgan fingerprint density at radius 3 is 1.71 bits per heavy atom. The van der Waals surface area contributed by atoms with Crippen molar-refractivity contribution in [3.05, 3.63) is 140 Å². The number of aromatic nitrogens is 1. The molecular weight excluding hydrogens is 558 g/mol. The molecule has 0 N–H and O–H groups in total. The van der Waals surface area contributed by atoms with Crippen LogP contribution in [0.4, 0.5) is 0 Å². The minimum absolute atomic E-state index is 0.222. The lowest BCUT2D eigenvalue weighted by Gasteiger charge is -2.08. The second-order valence-electron chi connectivity index (χ2n) is 11.7. The lowest BCUT2D eigenvalue weighted by Crippen LogP contribution is -2.47. The Bertz CT molecular complexity index is 2630. The second-order valence-corrected chi connectivity index (χ2v) is 11.7. The first kappa shape index (κ1) is 28.4. The summed E-state index contributed by atoms with van der Waals surface area (Å²) in [6.45, 7) is 5.75. The van der Waals surface area contributed by atoms with Crippen molar-refractivity contribution >= 4 is 65.5 Å².